The number of benzene rings is 1. The van der Waals surface area contributed by atoms with Crippen molar-refractivity contribution in [1.82, 2.24) is 4.90 Å². The van der Waals surface area contributed by atoms with Crippen LogP contribution in [0.15, 0.2) is 24.3 Å². The van der Waals surface area contributed by atoms with Crippen LogP contribution in [-0.2, 0) is 14.3 Å². The highest BCUT2D eigenvalue weighted by Crippen LogP contribution is 2.10. The number of carbonyl (C=O) groups is 2. The van der Waals surface area contributed by atoms with Gasteiger partial charge in [-0.15, -0.1) is 0 Å². The predicted octanol–water partition coefficient (Wildman–Crippen LogP) is 0.746. The number of rotatable bonds is 3. The van der Waals surface area contributed by atoms with Crippen LogP contribution in [0.4, 0.5) is 5.69 Å². The van der Waals surface area contributed by atoms with E-state index in [9.17, 15) is 9.59 Å². The van der Waals surface area contributed by atoms with E-state index in [2.05, 4.69) is 5.32 Å². The molecule has 1 saturated heterocycles. The Kier molecular flexibility index (Phi) is 4.69. The van der Waals surface area contributed by atoms with E-state index in [1.165, 1.54) is 0 Å². The van der Waals surface area contributed by atoms with E-state index >= 15 is 0 Å². The van der Waals surface area contributed by atoms with Crippen molar-refractivity contribution in [2.45, 2.75) is 6.42 Å². The number of ether oxygens (including phenoxy) is 1. The molecular weight excluding hydrogens is 258 g/mol. The van der Waals surface area contributed by atoms with Gasteiger partial charge < -0.3 is 15.0 Å². The molecule has 6 nitrogen and oxygen atoms in total. The minimum atomic E-state index is -0.378. The monoisotopic (exact) mass is 273 g/mol. The fraction of sp³-hybridized carbons (Fsp3) is 0.357. The lowest BCUT2D eigenvalue weighted by molar-refractivity contribution is -0.138. The Morgan fingerprint density at radius 3 is 2.80 bits per heavy atom. The van der Waals surface area contributed by atoms with Crippen LogP contribution >= 0.6 is 0 Å². The second kappa shape index (κ2) is 6.68. The first-order valence-electron chi connectivity index (χ1n) is 6.34. The van der Waals surface area contributed by atoms with Crippen LogP contribution < -0.4 is 5.32 Å². The SMILES string of the molecule is N#Cc1cccc(NC(=O)CC(=O)N2CCOCC2)c1. The first kappa shape index (κ1) is 14.0. The first-order chi connectivity index (χ1) is 9.69. The van der Waals surface area contributed by atoms with E-state index in [1.54, 1.807) is 29.2 Å². The van der Waals surface area contributed by atoms with Gasteiger partial charge in [-0.2, -0.15) is 5.26 Å². The molecule has 0 saturated carbocycles. The molecule has 0 atom stereocenters. The molecule has 0 radical (unpaired) electrons. The van der Waals surface area contributed by atoms with Crippen LogP contribution in [0.1, 0.15) is 12.0 Å². The number of nitriles is 1. The van der Waals surface area contributed by atoms with Crippen LogP contribution in [0.25, 0.3) is 0 Å². The lowest BCUT2D eigenvalue weighted by Crippen LogP contribution is -2.41. The summed E-state index contributed by atoms with van der Waals surface area (Å²) in [6.07, 6.45) is -0.198. The molecule has 104 valence electrons. The zero-order valence-corrected chi connectivity index (χ0v) is 11.0. The Labute approximate surface area is 116 Å². The van der Waals surface area contributed by atoms with Gasteiger partial charge in [0.25, 0.3) is 0 Å². The van der Waals surface area contributed by atoms with Crippen LogP contribution in [0, 0.1) is 11.3 Å². The van der Waals surface area contributed by atoms with E-state index < -0.39 is 0 Å². The zero-order chi connectivity index (χ0) is 14.4. The molecule has 2 rings (SSSR count). The number of hydrogen-bond donors (Lipinski definition) is 1. The van der Waals surface area contributed by atoms with Crippen molar-refractivity contribution in [3.05, 3.63) is 29.8 Å². The van der Waals surface area contributed by atoms with E-state index in [0.717, 1.165) is 0 Å². The van der Waals surface area contributed by atoms with Gasteiger partial charge in [0.05, 0.1) is 24.8 Å². The number of hydrogen-bond acceptors (Lipinski definition) is 4. The van der Waals surface area contributed by atoms with Crippen molar-refractivity contribution >= 4 is 17.5 Å². The van der Waals surface area contributed by atoms with Crippen molar-refractivity contribution < 1.29 is 14.3 Å². The lowest BCUT2D eigenvalue weighted by atomic mass is 10.2. The minimum Gasteiger partial charge on any atom is -0.378 e. The highest BCUT2D eigenvalue weighted by Gasteiger charge is 2.19. The topological polar surface area (TPSA) is 82.4 Å². The van der Waals surface area contributed by atoms with Gasteiger partial charge in [-0.1, -0.05) is 6.07 Å². The fourth-order valence-corrected chi connectivity index (χ4v) is 1.93. The lowest BCUT2D eigenvalue weighted by Gasteiger charge is -2.26. The van der Waals surface area contributed by atoms with Gasteiger partial charge in [-0.25, -0.2) is 0 Å². The fourth-order valence-electron chi connectivity index (χ4n) is 1.93. The largest absolute Gasteiger partial charge is 0.378 e. The molecule has 0 aliphatic carbocycles. The van der Waals surface area contributed by atoms with Crippen LogP contribution in [-0.4, -0.2) is 43.0 Å². The Morgan fingerprint density at radius 2 is 2.10 bits per heavy atom. The van der Waals surface area contributed by atoms with E-state index in [0.29, 0.717) is 37.6 Å². The van der Waals surface area contributed by atoms with Crippen molar-refractivity contribution in [2.24, 2.45) is 0 Å². The van der Waals surface area contributed by atoms with Gasteiger partial charge in [0.2, 0.25) is 11.8 Å². The molecule has 6 heteroatoms. The number of nitrogens with zero attached hydrogens (tertiary/aromatic N) is 2. The number of carbonyl (C=O) groups excluding carboxylic acids is 2. The summed E-state index contributed by atoms with van der Waals surface area (Å²) in [5.74, 6) is -0.584. The predicted molar refractivity (Wildman–Crippen MR) is 71.8 cm³/mol. The summed E-state index contributed by atoms with van der Waals surface area (Å²) in [6.45, 7) is 2.07. The normalized spacial score (nSPS) is 14.4. The second-order valence-corrected chi connectivity index (χ2v) is 4.41. The minimum absolute atomic E-state index is 0.198. The summed E-state index contributed by atoms with van der Waals surface area (Å²) in [5.41, 5.74) is 0.978. The average molecular weight is 273 g/mol. The molecule has 0 unspecified atom stereocenters. The van der Waals surface area contributed by atoms with E-state index in [-0.39, 0.29) is 18.2 Å². The molecule has 0 spiro atoms. The number of nitrogens with one attached hydrogen (secondary N) is 1. The van der Waals surface area contributed by atoms with Gasteiger partial charge >= 0.3 is 0 Å². The van der Waals surface area contributed by atoms with Gasteiger partial charge in [0.15, 0.2) is 0 Å². The van der Waals surface area contributed by atoms with Gasteiger partial charge in [-0.3, -0.25) is 9.59 Å². The molecular formula is C14H15N3O3. The molecule has 1 aromatic rings. The maximum atomic E-state index is 11.9. The van der Waals surface area contributed by atoms with Crippen LogP contribution in [0.3, 0.4) is 0 Å². The molecule has 1 aliphatic heterocycles. The summed E-state index contributed by atoms with van der Waals surface area (Å²) in [6, 6.07) is 8.56. The Bertz CT molecular complexity index is 545. The number of amides is 2. The van der Waals surface area contributed by atoms with E-state index in [1.807, 2.05) is 6.07 Å². The molecule has 20 heavy (non-hydrogen) atoms. The average Bonchev–Trinajstić information content (AvgIpc) is 2.48. The van der Waals surface area contributed by atoms with Gasteiger partial charge in [-0.05, 0) is 18.2 Å². The third kappa shape index (κ3) is 3.80. The maximum Gasteiger partial charge on any atom is 0.233 e. The maximum absolute atomic E-state index is 11.9. The van der Waals surface area contributed by atoms with Crippen molar-refractivity contribution in [3.8, 4) is 6.07 Å². The molecule has 0 aromatic heterocycles. The van der Waals surface area contributed by atoms with E-state index in [4.69, 9.17) is 10.00 Å². The molecule has 1 fully saturated rings. The first-order valence-corrected chi connectivity index (χ1v) is 6.34. The third-order valence-electron chi connectivity index (χ3n) is 2.95. The highest BCUT2D eigenvalue weighted by molar-refractivity contribution is 6.03. The smallest absolute Gasteiger partial charge is 0.233 e. The van der Waals surface area contributed by atoms with Gasteiger partial charge in [0, 0.05) is 18.8 Å². The summed E-state index contributed by atoms with van der Waals surface area (Å²) in [7, 11) is 0. The molecule has 1 aromatic carbocycles. The zero-order valence-electron chi connectivity index (χ0n) is 11.0. The highest BCUT2D eigenvalue weighted by atomic mass is 16.5. The summed E-state index contributed by atoms with van der Waals surface area (Å²) in [4.78, 5) is 25.3. The molecule has 1 aliphatic rings. The van der Waals surface area contributed by atoms with Crippen molar-refractivity contribution in [3.63, 3.8) is 0 Å². The summed E-state index contributed by atoms with van der Waals surface area (Å²) >= 11 is 0. The van der Waals surface area contributed by atoms with Crippen LogP contribution in [0.2, 0.25) is 0 Å². The third-order valence-corrected chi connectivity index (χ3v) is 2.95. The van der Waals surface area contributed by atoms with Crippen molar-refractivity contribution in [2.75, 3.05) is 31.6 Å². The molecule has 1 heterocycles. The number of morpholine rings is 1. The molecule has 1 N–H and O–H groups in total. The Hall–Kier alpha value is -2.39. The van der Waals surface area contributed by atoms with Crippen LogP contribution in [0.5, 0.6) is 0 Å². The summed E-state index contributed by atoms with van der Waals surface area (Å²) < 4.78 is 5.15. The Balaban J connectivity index is 1.88. The number of anilines is 1. The standard InChI is InChI=1S/C14H15N3O3/c15-10-11-2-1-3-12(8-11)16-13(18)9-14(19)17-4-6-20-7-5-17/h1-3,8H,4-7,9H2,(H,16,18). The second-order valence-electron chi connectivity index (χ2n) is 4.41. The quantitative estimate of drug-likeness (QED) is 0.824. The Morgan fingerprint density at radius 1 is 1.35 bits per heavy atom. The molecule has 0 bridgehead atoms. The molecule has 2 amide bonds. The van der Waals surface area contributed by atoms with Gasteiger partial charge in [0.1, 0.15) is 6.42 Å². The summed E-state index contributed by atoms with van der Waals surface area (Å²) in [5, 5.41) is 11.4. The van der Waals surface area contributed by atoms with Crippen molar-refractivity contribution in [1.29, 1.82) is 5.26 Å².